The molecule has 3 nitrogen and oxygen atoms in total. The van der Waals surface area contributed by atoms with Crippen molar-refractivity contribution in [3.8, 4) is 5.75 Å². The highest BCUT2D eigenvalue weighted by atomic mass is 16.5. The van der Waals surface area contributed by atoms with Crippen LogP contribution in [0, 0.1) is 0 Å². The number of hydrogen-bond acceptors (Lipinski definition) is 3. The molecule has 0 bridgehead atoms. The number of nitrogens with one attached hydrogen (secondary N) is 1. The van der Waals surface area contributed by atoms with Gasteiger partial charge in [0.05, 0.1) is 5.60 Å². The number of ether oxygens (including phenoxy) is 1. The Bertz CT molecular complexity index is 346. The van der Waals surface area contributed by atoms with Gasteiger partial charge in [-0.25, -0.2) is 0 Å². The lowest BCUT2D eigenvalue weighted by molar-refractivity contribution is 0.0213. The van der Waals surface area contributed by atoms with Crippen molar-refractivity contribution >= 4 is 0 Å². The number of rotatable bonds is 7. The number of phenolic OH excluding ortho intramolecular Hbond substituents is 1. The maximum absolute atomic E-state index is 9.21. The maximum atomic E-state index is 9.21. The molecule has 0 aliphatic carbocycles. The molecule has 3 heteroatoms. The summed E-state index contributed by atoms with van der Waals surface area (Å²) in [6.45, 7) is 7.19. The standard InChI is InChI=1S/C15H25NO2/c1-12(16-11-15(2,3)18-4)5-6-13-7-9-14(17)10-8-13/h7-10,12,16-17H,5-6,11H2,1-4H3. The molecule has 1 aromatic rings. The van der Waals surface area contributed by atoms with Crippen molar-refractivity contribution in [2.24, 2.45) is 0 Å². The Morgan fingerprint density at radius 3 is 2.44 bits per heavy atom. The first kappa shape index (κ1) is 15.0. The topological polar surface area (TPSA) is 41.5 Å². The maximum Gasteiger partial charge on any atom is 0.115 e. The fraction of sp³-hybridized carbons (Fsp3) is 0.600. The first-order valence-corrected chi connectivity index (χ1v) is 6.49. The third-order valence-corrected chi connectivity index (χ3v) is 3.23. The lowest BCUT2D eigenvalue weighted by Gasteiger charge is -2.25. The smallest absolute Gasteiger partial charge is 0.115 e. The van der Waals surface area contributed by atoms with Gasteiger partial charge in [-0.15, -0.1) is 0 Å². The van der Waals surface area contributed by atoms with Crippen LogP contribution in [0.2, 0.25) is 0 Å². The predicted molar refractivity (Wildman–Crippen MR) is 75.0 cm³/mol. The number of methoxy groups -OCH3 is 1. The summed E-state index contributed by atoms with van der Waals surface area (Å²) in [7, 11) is 1.74. The Hall–Kier alpha value is -1.06. The van der Waals surface area contributed by atoms with Crippen LogP contribution in [0.5, 0.6) is 5.75 Å². The normalized spacial score (nSPS) is 13.6. The number of aromatic hydroxyl groups is 1. The van der Waals surface area contributed by atoms with Crippen LogP contribution in [0.4, 0.5) is 0 Å². The number of hydrogen-bond donors (Lipinski definition) is 2. The van der Waals surface area contributed by atoms with Crippen LogP contribution in [0.1, 0.15) is 32.8 Å². The summed E-state index contributed by atoms with van der Waals surface area (Å²) >= 11 is 0. The minimum absolute atomic E-state index is 0.118. The fourth-order valence-electron chi connectivity index (χ4n) is 1.64. The van der Waals surface area contributed by atoms with Gasteiger partial charge in [0.15, 0.2) is 0 Å². The third kappa shape index (κ3) is 5.52. The van der Waals surface area contributed by atoms with Crippen LogP contribution < -0.4 is 5.32 Å². The first-order chi connectivity index (χ1) is 8.43. The lowest BCUT2D eigenvalue weighted by Crippen LogP contribution is -2.40. The molecular formula is C15H25NO2. The minimum Gasteiger partial charge on any atom is -0.508 e. The van der Waals surface area contributed by atoms with Crippen LogP contribution in [-0.4, -0.2) is 30.4 Å². The summed E-state index contributed by atoms with van der Waals surface area (Å²) in [5.74, 6) is 0.326. The van der Waals surface area contributed by atoms with Crippen LogP contribution >= 0.6 is 0 Å². The van der Waals surface area contributed by atoms with E-state index in [0.717, 1.165) is 19.4 Å². The average Bonchev–Trinajstić information content (AvgIpc) is 2.36. The van der Waals surface area contributed by atoms with Gasteiger partial charge in [0.2, 0.25) is 0 Å². The van der Waals surface area contributed by atoms with Crippen LogP contribution in [0.25, 0.3) is 0 Å². The van der Waals surface area contributed by atoms with E-state index in [4.69, 9.17) is 4.74 Å². The van der Waals surface area contributed by atoms with E-state index >= 15 is 0 Å². The van der Waals surface area contributed by atoms with Gasteiger partial charge in [-0.1, -0.05) is 12.1 Å². The lowest BCUT2D eigenvalue weighted by atomic mass is 10.0. The van der Waals surface area contributed by atoms with Crippen molar-refractivity contribution in [3.05, 3.63) is 29.8 Å². The second-order valence-corrected chi connectivity index (χ2v) is 5.45. The van der Waals surface area contributed by atoms with Crippen molar-refractivity contribution in [2.45, 2.75) is 45.3 Å². The molecule has 0 radical (unpaired) electrons. The van der Waals surface area contributed by atoms with Gasteiger partial charge in [-0.2, -0.15) is 0 Å². The van der Waals surface area contributed by atoms with Gasteiger partial charge in [-0.3, -0.25) is 0 Å². The number of phenols is 1. The molecule has 0 heterocycles. The van der Waals surface area contributed by atoms with Gasteiger partial charge in [0, 0.05) is 19.7 Å². The Labute approximate surface area is 110 Å². The molecule has 1 atom stereocenters. The highest BCUT2D eigenvalue weighted by Crippen LogP contribution is 2.12. The zero-order valence-electron chi connectivity index (χ0n) is 11.9. The van der Waals surface area contributed by atoms with Crippen molar-refractivity contribution in [1.82, 2.24) is 5.32 Å². The van der Waals surface area contributed by atoms with Gasteiger partial charge in [0.1, 0.15) is 5.75 Å². The SMILES string of the molecule is COC(C)(C)CNC(C)CCc1ccc(O)cc1. The molecule has 18 heavy (non-hydrogen) atoms. The summed E-state index contributed by atoms with van der Waals surface area (Å²) in [5.41, 5.74) is 1.14. The number of benzene rings is 1. The van der Waals surface area contributed by atoms with E-state index < -0.39 is 0 Å². The molecule has 0 aliphatic heterocycles. The Kier molecular flexibility index (Phi) is 5.63. The van der Waals surface area contributed by atoms with Crippen molar-refractivity contribution in [1.29, 1.82) is 0 Å². The summed E-state index contributed by atoms with van der Waals surface area (Å²) in [5, 5.41) is 12.7. The summed E-state index contributed by atoms with van der Waals surface area (Å²) in [6.07, 6.45) is 2.09. The highest BCUT2D eigenvalue weighted by Gasteiger charge is 2.16. The van der Waals surface area contributed by atoms with E-state index in [-0.39, 0.29) is 5.60 Å². The fourth-order valence-corrected chi connectivity index (χ4v) is 1.64. The van der Waals surface area contributed by atoms with E-state index in [1.54, 1.807) is 19.2 Å². The molecule has 0 spiro atoms. The molecule has 1 rings (SSSR count). The van der Waals surface area contributed by atoms with Crippen molar-refractivity contribution in [2.75, 3.05) is 13.7 Å². The number of aryl methyl sites for hydroxylation is 1. The van der Waals surface area contributed by atoms with E-state index in [1.807, 2.05) is 12.1 Å². The largest absolute Gasteiger partial charge is 0.508 e. The molecule has 0 aliphatic rings. The summed E-state index contributed by atoms with van der Waals surface area (Å²) in [6, 6.07) is 7.87. The van der Waals surface area contributed by atoms with Crippen LogP contribution in [0.3, 0.4) is 0 Å². The summed E-state index contributed by atoms with van der Waals surface area (Å²) in [4.78, 5) is 0. The summed E-state index contributed by atoms with van der Waals surface area (Å²) < 4.78 is 5.37. The second kappa shape index (κ2) is 6.76. The van der Waals surface area contributed by atoms with E-state index in [9.17, 15) is 5.11 Å². The van der Waals surface area contributed by atoms with E-state index in [2.05, 4.69) is 26.1 Å². The predicted octanol–water partition coefficient (Wildman–Crippen LogP) is 2.73. The molecular weight excluding hydrogens is 226 g/mol. The van der Waals surface area contributed by atoms with Gasteiger partial charge >= 0.3 is 0 Å². The molecule has 0 saturated heterocycles. The van der Waals surface area contributed by atoms with Gasteiger partial charge in [-0.05, 0) is 51.3 Å². The van der Waals surface area contributed by atoms with Crippen molar-refractivity contribution < 1.29 is 9.84 Å². The third-order valence-electron chi connectivity index (χ3n) is 3.23. The molecule has 0 amide bonds. The molecule has 1 aromatic carbocycles. The average molecular weight is 251 g/mol. The highest BCUT2D eigenvalue weighted by molar-refractivity contribution is 5.25. The molecule has 0 fully saturated rings. The Balaban J connectivity index is 2.29. The quantitative estimate of drug-likeness (QED) is 0.783. The minimum atomic E-state index is -0.118. The molecule has 0 aromatic heterocycles. The van der Waals surface area contributed by atoms with E-state index in [0.29, 0.717) is 11.8 Å². The molecule has 102 valence electrons. The molecule has 0 saturated carbocycles. The van der Waals surface area contributed by atoms with Crippen LogP contribution in [-0.2, 0) is 11.2 Å². The Morgan fingerprint density at radius 2 is 1.89 bits per heavy atom. The second-order valence-electron chi connectivity index (χ2n) is 5.45. The first-order valence-electron chi connectivity index (χ1n) is 6.49. The zero-order valence-corrected chi connectivity index (χ0v) is 11.9. The van der Waals surface area contributed by atoms with Gasteiger partial charge < -0.3 is 15.2 Å². The Morgan fingerprint density at radius 1 is 1.28 bits per heavy atom. The zero-order chi connectivity index (χ0) is 13.6. The van der Waals surface area contributed by atoms with Gasteiger partial charge in [0.25, 0.3) is 0 Å². The van der Waals surface area contributed by atoms with Crippen molar-refractivity contribution in [3.63, 3.8) is 0 Å². The van der Waals surface area contributed by atoms with Crippen LogP contribution in [0.15, 0.2) is 24.3 Å². The monoisotopic (exact) mass is 251 g/mol. The molecule has 1 unspecified atom stereocenters. The van der Waals surface area contributed by atoms with E-state index in [1.165, 1.54) is 5.56 Å². The molecule has 2 N–H and O–H groups in total.